The average molecular weight is 308 g/mol. The van der Waals surface area contributed by atoms with E-state index in [1.54, 1.807) is 31.2 Å². The van der Waals surface area contributed by atoms with E-state index < -0.39 is 15.8 Å². The van der Waals surface area contributed by atoms with E-state index in [1.165, 1.54) is 10.9 Å². The van der Waals surface area contributed by atoms with Crippen LogP contribution in [0.1, 0.15) is 17.3 Å². The number of hydrogen-bond donors (Lipinski definition) is 1. The van der Waals surface area contributed by atoms with E-state index in [0.717, 1.165) is 0 Å². The molecule has 0 spiro atoms. The van der Waals surface area contributed by atoms with Crippen molar-refractivity contribution < 1.29 is 18.3 Å². The summed E-state index contributed by atoms with van der Waals surface area (Å²) in [5.41, 5.74) is 1.10. The van der Waals surface area contributed by atoms with E-state index in [1.807, 2.05) is 6.07 Å². The van der Waals surface area contributed by atoms with Crippen LogP contribution in [0.5, 0.6) is 0 Å². The van der Waals surface area contributed by atoms with Crippen molar-refractivity contribution in [3.05, 3.63) is 42.1 Å². The Morgan fingerprint density at radius 1 is 1.29 bits per heavy atom. The van der Waals surface area contributed by atoms with E-state index >= 15 is 0 Å². The molecule has 0 atom stereocenters. The van der Waals surface area contributed by atoms with Gasteiger partial charge >= 0.3 is 5.97 Å². The molecule has 1 N–H and O–H groups in total. The monoisotopic (exact) mass is 308 g/mol. The number of aryl methyl sites for hydroxylation is 1. The van der Waals surface area contributed by atoms with Crippen LogP contribution in [0.3, 0.4) is 0 Å². The number of aromatic nitrogens is 2. The summed E-state index contributed by atoms with van der Waals surface area (Å²) in [5, 5.41) is 13.5. The molecule has 1 aromatic carbocycles. The predicted octanol–water partition coefficient (Wildman–Crippen LogP) is 1.68. The topological polar surface area (TPSA) is 89.3 Å². The highest BCUT2D eigenvalue weighted by atomic mass is 32.2. The Kier molecular flexibility index (Phi) is 4.42. The van der Waals surface area contributed by atoms with Crippen LogP contribution in [0, 0.1) is 0 Å². The average Bonchev–Trinajstić information content (AvgIpc) is 2.91. The number of carboxylic acids is 1. The van der Waals surface area contributed by atoms with Gasteiger partial charge in [-0.3, -0.25) is 4.68 Å². The summed E-state index contributed by atoms with van der Waals surface area (Å²) in [6.45, 7) is 1.72. The molecule has 112 valence electrons. The highest BCUT2D eigenvalue weighted by Crippen LogP contribution is 2.21. The maximum Gasteiger partial charge on any atom is 0.339 e. The van der Waals surface area contributed by atoms with E-state index in [2.05, 4.69) is 5.10 Å². The number of rotatable bonds is 6. The summed E-state index contributed by atoms with van der Waals surface area (Å²) in [6, 6.07) is 8.95. The normalized spacial score (nSPS) is 11.5. The van der Waals surface area contributed by atoms with Crippen molar-refractivity contribution in [1.29, 1.82) is 0 Å². The minimum atomic E-state index is -3.11. The van der Waals surface area contributed by atoms with Gasteiger partial charge in [0.1, 0.15) is 11.3 Å². The minimum absolute atomic E-state index is 0.0571. The lowest BCUT2D eigenvalue weighted by atomic mass is 10.1. The Balaban J connectivity index is 2.32. The first-order chi connectivity index (χ1) is 9.93. The zero-order valence-electron chi connectivity index (χ0n) is 11.6. The first-order valence-corrected chi connectivity index (χ1v) is 8.31. The zero-order valence-corrected chi connectivity index (χ0v) is 12.4. The fourth-order valence-electron chi connectivity index (χ4n) is 1.88. The van der Waals surface area contributed by atoms with Gasteiger partial charge in [0.05, 0.1) is 12.3 Å². The van der Waals surface area contributed by atoms with E-state index in [9.17, 15) is 18.3 Å². The lowest BCUT2D eigenvalue weighted by Crippen LogP contribution is -2.15. The van der Waals surface area contributed by atoms with Crippen LogP contribution >= 0.6 is 0 Å². The van der Waals surface area contributed by atoms with Crippen molar-refractivity contribution in [1.82, 2.24) is 9.78 Å². The van der Waals surface area contributed by atoms with Gasteiger partial charge in [-0.1, -0.05) is 37.3 Å². The number of carboxylic acid groups (broad SMARTS) is 1. The number of nitrogens with zero attached hydrogens (tertiary/aromatic N) is 2. The van der Waals surface area contributed by atoms with Crippen molar-refractivity contribution in [3.63, 3.8) is 0 Å². The molecular formula is C14H16N2O4S. The third-order valence-corrected chi connectivity index (χ3v) is 4.79. The van der Waals surface area contributed by atoms with Gasteiger partial charge in [-0.05, 0) is 0 Å². The smallest absolute Gasteiger partial charge is 0.339 e. The molecule has 0 amide bonds. The number of hydrogen-bond acceptors (Lipinski definition) is 4. The summed E-state index contributed by atoms with van der Waals surface area (Å²) in [5.74, 6) is -1.08. The van der Waals surface area contributed by atoms with Gasteiger partial charge in [0, 0.05) is 17.5 Å². The van der Waals surface area contributed by atoms with Crippen molar-refractivity contribution in [2.75, 3.05) is 11.5 Å². The second-order valence-electron chi connectivity index (χ2n) is 4.56. The lowest BCUT2D eigenvalue weighted by Gasteiger charge is -2.01. The molecular weight excluding hydrogens is 292 g/mol. The van der Waals surface area contributed by atoms with Crippen molar-refractivity contribution in [2.24, 2.45) is 0 Å². The second-order valence-corrected chi connectivity index (χ2v) is 7.03. The third-order valence-electron chi connectivity index (χ3n) is 3.11. The molecule has 0 fully saturated rings. The molecule has 7 heteroatoms. The van der Waals surface area contributed by atoms with Crippen molar-refractivity contribution in [3.8, 4) is 11.3 Å². The SMILES string of the molecule is CCS(=O)(=O)CCn1cc(C(=O)O)c(-c2ccccc2)n1. The molecule has 2 rings (SSSR count). The molecule has 0 bridgehead atoms. The standard InChI is InChI=1S/C14H16N2O4S/c1-2-21(19,20)9-8-16-10-12(14(17)18)13(15-16)11-6-4-3-5-7-11/h3-7,10H,2,8-9H2,1H3,(H,17,18). The summed E-state index contributed by atoms with van der Waals surface area (Å²) in [6.07, 6.45) is 1.37. The van der Waals surface area contributed by atoms with Crippen molar-refractivity contribution >= 4 is 15.8 Å². The van der Waals surface area contributed by atoms with Crippen LogP contribution in [0.4, 0.5) is 0 Å². The first-order valence-electron chi connectivity index (χ1n) is 6.49. The van der Waals surface area contributed by atoms with Crippen LogP contribution < -0.4 is 0 Å². The Morgan fingerprint density at radius 2 is 1.95 bits per heavy atom. The summed E-state index contributed by atoms with van der Waals surface area (Å²) >= 11 is 0. The quantitative estimate of drug-likeness (QED) is 0.877. The molecule has 0 aliphatic rings. The molecule has 0 radical (unpaired) electrons. The minimum Gasteiger partial charge on any atom is -0.478 e. The van der Waals surface area contributed by atoms with Gasteiger partial charge in [0.15, 0.2) is 9.84 Å². The van der Waals surface area contributed by atoms with Gasteiger partial charge in [-0.2, -0.15) is 5.10 Å². The predicted molar refractivity (Wildman–Crippen MR) is 79.0 cm³/mol. The van der Waals surface area contributed by atoms with Gasteiger partial charge in [0.2, 0.25) is 0 Å². The molecule has 1 aromatic heterocycles. The number of sulfone groups is 1. The third kappa shape index (κ3) is 3.69. The van der Waals surface area contributed by atoms with Crippen LogP contribution in [0.25, 0.3) is 11.3 Å². The zero-order chi connectivity index (χ0) is 15.5. The van der Waals surface area contributed by atoms with Crippen LogP contribution in [-0.4, -0.2) is 40.8 Å². The van der Waals surface area contributed by atoms with Crippen molar-refractivity contribution in [2.45, 2.75) is 13.5 Å². The molecule has 0 aliphatic carbocycles. The molecule has 0 saturated carbocycles. The number of carbonyl (C=O) groups is 1. The van der Waals surface area contributed by atoms with Crippen LogP contribution in [0.2, 0.25) is 0 Å². The largest absolute Gasteiger partial charge is 0.478 e. The van der Waals surface area contributed by atoms with Crippen LogP contribution in [0.15, 0.2) is 36.5 Å². The number of benzene rings is 1. The maximum atomic E-state index is 11.5. The maximum absolute atomic E-state index is 11.5. The molecule has 0 aliphatic heterocycles. The second kappa shape index (κ2) is 6.09. The Bertz CT molecular complexity index is 736. The van der Waals surface area contributed by atoms with Crippen LogP contribution in [-0.2, 0) is 16.4 Å². The summed E-state index contributed by atoms with van der Waals surface area (Å²) < 4.78 is 24.4. The van der Waals surface area contributed by atoms with E-state index in [-0.39, 0.29) is 23.6 Å². The molecule has 21 heavy (non-hydrogen) atoms. The molecule has 6 nitrogen and oxygen atoms in total. The number of aromatic carboxylic acids is 1. The van der Waals surface area contributed by atoms with Gasteiger partial charge < -0.3 is 5.11 Å². The summed E-state index contributed by atoms with van der Waals surface area (Å²) in [7, 11) is -3.11. The molecule has 2 aromatic rings. The Morgan fingerprint density at radius 3 is 2.52 bits per heavy atom. The highest BCUT2D eigenvalue weighted by molar-refractivity contribution is 7.91. The summed E-state index contributed by atoms with van der Waals surface area (Å²) in [4.78, 5) is 11.3. The van der Waals surface area contributed by atoms with Gasteiger partial charge in [-0.25, -0.2) is 13.2 Å². The lowest BCUT2D eigenvalue weighted by molar-refractivity contribution is 0.0697. The van der Waals surface area contributed by atoms with Gasteiger partial charge in [0.25, 0.3) is 0 Å². The Labute approximate surface area is 123 Å². The molecule has 0 unspecified atom stereocenters. The fourth-order valence-corrected chi connectivity index (χ4v) is 2.63. The highest BCUT2D eigenvalue weighted by Gasteiger charge is 2.17. The van der Waals surface area contributed by atoms with E-state index in [0.29, 0.717) is 11.3 Å². The van der Waals surface area contributed by atoms with Gasteiger partial charge in [-0.15, -0.1) is 0 Å². The molecule has 1 heterocycles. The molecule has 0 saturated heterocycles. The first kappa shape index (κ1) is 15.2. The Hall–Kier alpha value is -2.15. The fraction of sp³-hybridized carbons (Fsp3) is 0.286. The van der Waals surface area contributed by atoms with E-state index in [4.69, 9.17) is 0 Å².